The molecule has 9 heavy (non-hydrogen) atoms. The smallest absolute Gasteiger partial charge is 0.0182 e. The van der Waals surface area contributed by atoms with Gasteiger partial charge in [-0.25, -0.2) is 0 Å². The fourth-order valence-electron chi connectivity index (χ4n) is 3.11. The lowest BCUT2D eigenvalue weighted by Crippen LogP contribution is -2.63. The molecule has 3 rings (SSSR count). The Morgan fingerprint density at radius 3 is 2.11 bits per heavy atom. The van der Waals surface area contributed by atoms with Crippen LogP contribution in [0.2, 0.25) is 0 Å². The van der Waals surface area contributed by atoms with Crippen LogP contribution in [0.15, 0.2) is 0 Å². The van der Waals surface area contributed by atoms with Crippen LogP contribution in [0.4, 0.5) is 0 Å². The van der Waals surface area contributed by atoms with Gasteiger partial charge in [0.2, 0.25) is 0 Å². The van der Waals surface area contributed by atoms with Crippen LogP contribution in [0.5, 0.6) is 0 Å². The molecule has 0 radical (unpaired) electrons. The van der Waals surface area contributed by atoms with Gasteiger partial charge in [0.15, 0.2) is 0 Å². The van der Waals surface area contributed by atoms with Gasteiger partial charge in [-0.05, 0) is 42.9 Å². The number of hydrogen-bond acceptors (Lipinski definition) is 0. The maximum atomic E-state index is 3.72. The zero-order valence-corrected chi connectivity index (χ0v) is 6.97. The average molecular weight is 187 g/mol. The molecule has 0 saturated heterocycles. The van der Waals surface area contributed by atoms with Crippen LogP contribution in [0.3, 0.4) is 0 Å². The predicted octanol–water partition coefficient (Wildman–Crippen LogP) is 2.43. The molecule has 3 fully saturated rings. The Labute approximate surface area is 64.1 Å². The molecule has 0 heterocycles. The van der Waals surface area contributed by atoms with Crippen LogP contribution in [0, 0.1) is 23.7 Å². The van der Waals surface area contributed by atoms with Crippen molar-refractivity contribution in [3.8, 4) is 0 Å². The van der Waals surface area contributed by atoms with Gasteiger partial charge in [0.05, 0.1) is 0 Å². The standard InChI is InChI=1S/C8H11Br/c9-7-3-6-4-1-2-5(4)8(6)7/h4-8H,1-3H2/t4-,5+,6+,7?,8-/m1/s1. The first-order valence-corrected chi connectivity index (χ1v) is 4.93. The maximum absolute atomic E-state index is 3.72. The van der Waals surface area contributed by atoms with Crippen LogP contribution in [-0.4, -0.2) is 4.83 Å². The highest BCUT2D eigenvalue weighted by Crippen LogP contribution is 2.68. The fraction of sp³-hybridized carbons (Fsp3) is 1.00. The van der Waals surface area contributed by atoms with E-state index in [1.54, 1.807) is 12.8 Å². The van der Waals surface area contributed by atoms with Gasteiger partial charge in [-0.3, -0.25) is 0 Å². The molecule has 0 aromatic carbocycles. The molecule has 0 bridgehead atoms. The molecule has 0 aromatic rings. The van der Waals surface area contributed by atoms with Crippen molar-refractivity contribution in [2.75, 3.05) is 0 Å². The van der Waals surface area contributed by atoms with Crippen molar-refractivity contribution < 1.29 is 0 Å². The maximum Gasteiger partial charge on any atom is 0.0182 e. The minimum atomic E-state index is 0.920. The zero-order valence-electron chi connectivity index (χ0n) is 5.39. The minimum absolute atomic E-state index is 0.920. The van der Waals surface area contributed by atoms with Gasteiger partial charge < -0.3 is 0 Å². The number of fused-ring (bicyclic) bond motifs is 4. The van der Waals surface area contributed by atoms with E-state index in [-0.39, 0.29) is 0 Å². The van der Waals surface area contributed by atoms with Crippen molar-refractivity contribution in [2.24, 2.45) is 23.7 Å². The number of halogens is 1. The van der Waals surface area contributed by atoms with Crippen LogP contribution in [-0.2, 0) is 0 Å². The Bertz CT molecular complexity index is 149. The van der Waals surface area contributed by atoms with Crippen molar-refractivity contribution >= 4 is 15.9 Å². The highest BCUT2D eigenvalue weighted by Gasteiger charge is 2.62. The number of rotatable bonds is 0. The average Bonchev–Trinajstić information content (AvgIpc) is 1.79. The zero-order chi connectivity index (χ0) is 6.01. The van der Waals surface area contributed by atoms with Crippen LogP contribution < -0.4 is 0 Å². The van der Waals surface area contributed by atoms with E-state index >= 15 is 0 Å². The molecule has 0 N–H and O–H groups in total. The Kier molecular flexibility index (Phi) is 0.798. The molecule has 3 aliphatic rings. The van der Waals surface area contributed by atoms with Crippen molar-refractivity contribution in [3.05, 3.63) is 0 Å². The summed E-state index contributed by atoms with van der Waals surface area (Å²) in [6.45, 7) is 0. The summed E-state index contributed by atoms with van der Waals surface area (Å²) < 4.78 is 0. The first-order valence-electron chi connectivity index (χ1n) is 4.02. The van der Waals surface area contributed by atoms with Crippen LogP contribution in [0.1, 0.15) is 19.3 Å². The normalized spacial score (nSPS) is 68.3. The molecule has 0 aliphatic heterocycles. The Balaban J connectivity index is 1.82. The largest absolute Gasteiger partial charge is 0.0887 e. The van der Waals surface area contributed by atoms with Gasteiger partial charge in [-0.15, -0.1) is 0 Å². The second-order valence-corrected chi connectivity index (χ2v) is 5.07. The number of alkyl halides is 1. The lowest BCUT2D eigenvalue weighted by molar-refractivity contribution is -0.157. The molecular weight excluding hydrogens is 176 g/mol. The van der Waals surface area contributed by atoms with E-state index in [4.69, 9.17) is 0 Å². The van der Waals surface area contributed by atoms with E-state index in [2.05, 4.69) is 15.9 Å². The summed E-state index contributed by atoms with van der Waals surface area (Å²) in [5.74, 6) is 4.67. The molecule has 0 aromatic heterocycles. The van der Waals surface area contributed by atoms with E-state index < -0.39 is 0 Å². The highest BCUT2D eigenvalue weighted by atomic mass is 79.9. The van der Waals surface area contributed by atoms with Gasteiger partial charge >= 0.3 is 0 Å². The fourth-order valence-corrected chi connectivity index (χ4v) is 4.32. The van der Waals surface area contributed by atoms with Crippen molar-refractivity contribution in [2.45, 2.75) is 24.1 Å². The summed E-state index contributed by atoms with van der Waals surface area (Å²) in [5, 5.41) is 0. The Morgan fingerprint density at radius 2 is 1.78 bits per heavy atom. The lowest BCUT2D eigenvalue weighted by atomic mass is 9.39. The first kappa shape index (κ1) is 5.17. The molecule has 3 aliphatic carbocycles. The summed E-state index contributed by atoms with van der Waals surface area (Å²) in [6.07, 6.45) is 4.60. The minimum Gasteiger partial charge on any atom is -0.0887 e. The summed E-state index contributed by atoms with van der Waals surface area (Å²) in [7, 11) is 0. The van der Waals surface area contributed by atoms with Crippen molar-refractivity contribution in [1.82, 2.24) is 0 Å². The second-order valence-electron chi connectivity index (χ2n) is 3.90. The van der Waals surface area contributed by atoms with E-state index in [0.717, 1.165) is 10.7 Å². The van der Waals surface area contributed by atoms with E-state index in [0.29, 0.717) is 0 Å². The molecule has 0 spiro atoms. The molecule has 0 amide bonds. The molecular formula is C8H11Br. The van der Waals surface area contributed by atoms with Crippen molar-refractivity contribution in [1.29, 1.82) is 0 Å². The molecule has 3 saturated carbocycles. The molecule has 1 heteroatoms. The Morgan fingerprint density at radius 1 is 1.00 bits per heavy atom. The third kappa shape index (κ3) is 0.410. The second kappa shape index (κ2) is 1.39. The van der Waals surface area contributed by atoms with E-state index in [1.165, 1.54) is 24.2 Å². The van der Waals surface area contributed by atoms with Gasteiger partial charge in [0.25, 0.3) is 0 Å². The predicted molar refractivity (Wildman–Crippen MR) is 40.5 cm³/mol. The first-order chi connectivity index (χ1) is 4.38. The third-order valence-electron chi connectivity index (χ3n) is 3.84. The topological polar surface area (TPSA) is 0 Å². The molecule has 1 unspecified atom stereocenters. The lowest BCUT2D eigenvalue weighted by Gasteiger charge is -2.68. The highest BCUT2D eigenvalue weighted by molar-refractivity contribution is 9.09. The van der Waals surface area contributed by atoms with Gasteiger partial charge in [-0.2, -0.15) is 0 Å². The summed E-state index contributed by atoms with van der Waals surface area (Å²) >= 11 is 3.72. The number of hydrogen-bond donors (Lipinski definition) is 0. The van der Waals surface area contributed by atoms with Gasteiger partial charge in [-0.1, -0.05) is 15.9 Å². The van der Waals surface area contributed by atoms with Gasteiger partial charge in [0.1, 0.15) is 0 Å². The van der Waals surface area contributed by atoms with E-state index in [1.807, 2.05) is 0 Å². The SMILES string of the molecule is BrC1C[C@H]2[C@@H]3CC[C@@H]3[C@@H]12. The molecule has 50 valence electrons. The van der Waals surface area contributed by atoms with Gasteiger partial charge in [0, 0.05) is 4.83 Å². The van der Waals surface area contributed by atoms with Crippen LogP contribution >= 0.6 is 15.9 Å². The van der Waals surface area contributed by atoms with Crippen molar-refractivity contribution in [3.63, 3.8) is 0 Å². The summed E-state index contributed by atoms with van der Waals surface area (Å²) in [5.41, 5.74) is 0. The Hall–Kier alpha value is 0.480. The quantitative estimate of drug-likeness (QED) is 0.511. The summed E-state index contributed by atoms with van der Waals surface area (Å²) in [4.78, 5) is 0.920. The molecule has 0 nitrogen and oxygen atoms in total. The monoisotopic (exact) mass is 186 g/mol. The summed E-state index contributed by atoms with van der Waals surface area (Å²) in [6, 6.07) is 0. The molecule has 5 atom stereocenters. The third-order valence-corrected chi connectivity index (χ3v) is 4.82. The van der Waals surface area contributed by atoms with E-state index in [9.17, 15) is 0 Å². The van der Waals surface area contributed by atoms with Crippen LogP contribution in [0.25, 0.3) is 0 Å².